The van der Waals surface area contributed by atoms with E-state index in [1.165, 1.54) is 43.8 Å². The van der Waals surface area contributed by atoms with Crippen molar-refractivity contribution in [2.45, 2.75) is 23.1 Å². The van der Waals surface area contributed by atoms with E-state index in [0.717, 1.165) is 14.4 Å². The predicted octanol–water partition coefficient (Wildman–Crippen LogP) is 4.14. The average molecular weight is 523 g/mol. The number of nitrogens with one attached hydrogen (secondary N) is 1. The third-order valence-corrected chi connectivity index (χ3v) is 8.64. The van der Waals surface area contributed by atoms with Gasteiger partial charge in [0.2, 0.25) is 11.0 Å². The van der Waals surface area contributed by atoms with Gasteiger partial charge in [-0.2, -0.15) is 0 Å². The van der Waals surface area contributed by atoms with Crippen molar-refractivity contribution in [2.75, 3.05) is 36.1 Å². The Bertz CT molecular complexity index is 1220. The molecular formula is C22H26N4O5S3. The van der Waals surface area contributed by atoms with Gasteiger partial charge in [-0.15, -0.1) is 10.2 Å². The van der Waals surface area contributed by atoms with Crippen LogP contribution in [0.4, 0.5) is 10.8 Å². The molecule has 1 heterocycles. The number of rotatable bonds is 11. The van der Waals surface area contributed by atoms with E-state index in [0.29, 0.717) is 16.8 Å². The highest BCUT2D eigenvalue weighted by atomic mass is 32.2. The second-order valence-corrected chi connectivity index (χ2v) is 11.6. The topological polar surface area (TPSA) is 111 Å². The Morgan fingerprint density at radius 1 is 1.12 bits per heavy atom. The van der Waals surface area contributed by atoms with Crippen LogP contribution in [0.1, 0.15) is 13.8 Å². The van der Waals surface area contributed by atoms with E-state index in [1.54, 1.807) is 42.1 Å². The van der Waals surface area contributed by atoms with Crippen LogP contribution in [0, 0.1) is 5.92 Å². The quantitative estimate of drug-likeness (QED) is 0.296. The standard InChI is InChI=1S/C22H26N4O5S3/c1-15(2)14-32-22-25-24-21(33-22)23-20(27)13-26(34(28,29)17-8-6-5-7-9-17)18-12-16(30-3)10-11-19(18)31-4/h5-12,15H,13-14H2,1-4H3,(H,23,24,27). The first-order chi connectivity index (χ1) is 16.2. The van der Waals surface area contributed by atoms with Crippen LogP contribution >= 0.6 is 23.1 Å². The van der Waals surface area contributed by atoms with Crippen LogP contribution in [0.25, 0.3) is 0 Å². The molecule has 0 spiro atoms. The van der Waals surface area contributed by atoms with Gasteiger partial charge in [-0.3, -0.25) is 14.4 Å². The summed E-state index contributed by atoms with van der Waals surface area (Å²) in [6.07, 6.45) is 0. The first-order valence-electron chi connectivity index (χ1n) is 10.3. The van der Waals surface area contributed by atoms with E-state index in [9.17, 15) is 13.2 Å². The molecule has 0 saturated heterocycles. The van der Waals surface area contributed by atoms with Crippen molar-refractivity contribution >= 4 is 49.8 Å². The average Bonchev–Trinajstić information content (AvgIpc) is 3.28. The zero-order valence-electron chi connectivity index (χ0n) is 19.2. The highest BCUT2D eigenvalue weighted by Crippen LogP contribution is 2.36. The van der Waals surface area contributed by atoms with Gasteiger partial charge in [0.05, 0.1) is 24.8 Å². The van der Waals surface area contributed by atoms with Gasteiger partial charge in [-0.05, 0) is 30.2 Å². The molecule has 1 N–H and O–H groups in total. The van der Waals surface area contributed by atoms with E-state index < -0.39 is 22.5 Å². The molecule has 34 heavy (non-hydrogen) atoms. The first-order valence-corrected chi connectivity index (χ1v) is 13.5. The monoisotopic (exact) mass is 522 g/mol. The maximum Gasteiger partial charge on any atom is 0.264 e. The van der Waals surface area contributed by atoms with Crippen molar-refractivity contribution in [1.82, 2.24) is 10.2 Å². The number of carbonyl (C=O) groups excluding carboxylic acids is 1. The number of sulfonamides is 1. The van der Waals surface area contributed by atoms with Crippen molar-refractivity contribution in [2.24, 2.45) is 5.92 Å². The Labute approximate surface area is 207 Å². The number of methoxy groups -OCH3 is 2. The van der Waals surface area contributed by atoms with Crippen LogP contribution in [0.3, 0.4) is 0 Å². The molecule has 0 aliphatic rings. The maximum atomic E-state index is 13.6. The second-order valence-electron chi connectivity index (χ2n) is 7.49. The summed E-state index contributed by atoms with van der Waals surface area (Å²) in [5.41, 5.74) is 0.172. The van der Waals surface area contributed by atoms with E-state index >= 15 is 0 Å². The van der Waals surface area contributed by atoms with E-state index in [4.69, 9.17) is 9.47 Å². The fraction of sp³-hybridized carbons (Fsp3) is 0.318. The number of benzene rings is 2. The van der Waals surface area contributed by atoms with Crippen LogP contribution in [0.2, 0.25) is 0 Å². The van der Waals surface area contributed by atoms with Gasteiger partial charge in [0.1, 0.15) is 18.0 Å². The minimum atomic E-state index is -4.11. The lowest BCUT2D eigenvalue weighted by Crippen LogP contribution is -2.38. The van der Waals surface area contributed by atoms with Gasteiger partial charge in [-0.1, -0.05) is 55.1 Å². The highest BCUT2D eigenvalue weighted by Gasteiger charge is 2.30. The van der Waals surface area contributed by atoms with Gasteiger partial charge in [0.25, 0.3) is 10.0 Å². The molecule has 0 bridgehead atoms. The Kier molecular flexibility index (Phi) is 8.75. The largest absolute Gasteiger partial charge is 0.497 e. The molecule has 0 atom stereocenters. The molecule has 12 heteroatoms. The number of hydrogen-bond donors (Lipinski definition) is 1. The number of carbonyl (C=O) groups is 1. The van der Waals surface area contributed by atoms with Crippen LogP contribution in [-0.2, 0) is 14.8 Å². The second kappa shape index (κ2) is 11.5. The summed E-state index contributed by atoms with van der Waals surface area (Å²) in [6.45, 7) is 3.70. The predicted molar refractivity (Wildman–Crippen MR) is 135 cm³/mol. The lowest BCUT2D eigenvalue weighted by atomic mass is 10.2. The number of anilines is 2. The smallest absolute Gasteiger partial charge is 0.264 e. The van der Waals surface area contributed by atoms with Gasteiger partial charge < -0.3 is 9.47 Å². The Morgan fingerprint density at radius 3 is 2.50 bits per heavy atom. The number of hydrogen-bond acceptors (Lipinski definition) is 9. The number of amides is 1. The maximum absolute atomic E-state index is 13.6. The van der Waals surface area contributed by atoms with Crippen molar-refractivity contribution in [3.63, 3.8) is 0 Å². The normalized spacial score (nSPS) is 11.3. The van der Waals surface area contributed by atoms with E-state index in [-0.39, 0.29) is 16.3 Å². The third-order valence-electron chi connectivity index (χ3n) is 4.47. The van der Waals surface area contributed by atoms with Crippen LogP contribution in [0.5, 0.6) is 11.5 Å². The molecule has 0 saturated carbocycles. The molecule has 0 fully saturated rings. The van der Waals surface area contributed by atoms with Gasteiger partial charge >= 0.3 is 0 Å². The molecule has 3 rings (SSSR count). The number of nitrogens with zero attached hydrogens (tertiary/aromatic N) is 3. The summed E-state index contributed by atoms with van der Waals surface area (Å²) in [4.78, 5) is 13.0. The van der Waals surface area contributed by atoms with Crippen LogP contribution in [0.15, 0.2) is 57.8 Å². The third kappa shape index (κ3) is 6.39. The zero-order chi connectivity index (χ0) is 24.7. The molecule has 1 aromatic heterocycles. The van der Waals surface area contributed by atoms with Crippen LogP contribution in [-0.4, -0.2) is 51.0 Å². The summed E-state index contributed by atoms with van der Waals surface area (Å²) in [6, 6.07) is 12.6. The highest BCUT2D eigenvalue weighted by molar-refractivity contribution is 8.01. The van der Waals surface area contributed by atoms with E-state index in [2.05, 4.69) is 29.4 Å². The Balaban J connectivity index is 1.92. The molecule has 2 aromatic carbocycles. The van der Waals surface area contributed by atoms with Gasteiger partial charge in [0.15, 0.2) is 4.34 Å². The van der Waals surface area contributed by atoms with Crippen molar-refractivity contribution in [3.05, 3.63) is 48.5 Å². The van der Waals surface area contributed by atoms with Crippen molar-refractivity contribution in [1.29, 1.82) is 0 Å². The molecule has 0 unspecified atom stereocenters. The first kappa shape index (κ1) is 25.8. The Hall–Kier alpha value is -2.83. The summed E-state index contributed by atoms with van der Waals surface area (Å²) >= 11 is 2.79. The number of aromatic nitrogens is 2. The fourth-order valence-electron chi connectivity index (χ4n) is 2.86. The summed E-state index contributed by atoms with van der Waals surface area (Å²) in [7, 11) is -1.21. The van der Waals surface area contributed by atoms with Crippen molar-refractivity contribution in [3.8, 4) is 11.5 Å². The summed E-state index contributed by atoms with van der Waals surface area (Å²) in [5, 5.41) is 11.0. The molecule has 0 aliphatic carbocycles. The minimum absolute atomic E-state index is 0.0379. The molecule has 0 aliphatic heterocycles. The van der Waals surface area contributed by atoms with E-state index in [1.807, 2.05) is 0 Å². The van der Waals surface area contributed by atoms with Gasteiger partial charge in [-0.25, -0.2) is 8.42 Å². The zero-order valence-corrected chi connectivity index (χ0v) is 21.7. The molecule has 9 nitrogen and oxygen atoms in total. The number of ether oxygens (including phenoxy) is 2. The molecule has 182 valence electrons. The molecule has 1 amide bonds. The van der Waals surface area contributed by atoms with Gasteiger partial charge in [0, 0.05) is 11.8 Å². The van der Waals surface area contributed by atoms with Crippen LogP contribution < -0.4 is 19.1 Å². The molecule has 0 radical (unpaired) electrons. The fourth-order valence-corrected chi connectivity index (χ4v) is 6.05. The minimum Gasteiger partial charge on any atom is -0.497 e. The number of thioether (sulfide) groups is 1. The molecular weight excluding hydrogens is 496 g/mol. The summed E-state index contributed by atoms with van der Waals surface area (Å²) < 4.78 is 39.5. The lowest BCUT2D eigenvalue weighted by Gasteiger charge is -2.25. The summed E-state index contributed by atoms with van der Waals surface area (Å²) in [5.74, 6) is 1.49. The molecule has 3 aromatic rings. The SMILES string of the molecule is COc1ccc(OC)c(N(CC(=O)Nc2nnc(SCC(C)C)s2)S(=O)(=O)c2ccccc2)c1. The Morgan fingerprint density at radius 2 is 1.85 bits per heavy atom. The lowest BCUT2D eigenvalue weighted by molar-refractivity contribution is -0.114. The van der Waals surface area contributed by atoms with Crippen molar-refractivity contribution < 1.29 is 22.7 Å².